The summed E-state index contributed by atoms with van der Waals surface area (Å²) in [7, 11) is 1.78. The van der Waals surface area contributed by atoms with Crippen LogP contribution >= 0.6 is 11.6 Å². The third-order valence-corrected chi connectivity index (χ3v) is 5.83. The number of amides is 1. The summed E-state index contributed by atoms with van der Waals surface area (Å²) in [6.45, 7) is 0. The highest BCUT2D eigenvalue weighted by atomic mass is 35.5. The lowest BCUT2D eigenvalue weighted by Gasteiger charge is -2.14. The van der Waals surface area contributed by atoms with E-state index in [9.17, 15) is 10.1 Å². The Balaban J connectivity index is 1.60. The molecule has 11 heteroatoms. The molecule has 0 saturated heterocycles. The fourth-order valence-corrected chi connectivity index (χ4v) is 4.23. The minimum Gasteiger partial charge on any atom is -0.446 e. The zero-order valence-electron chi connectivity index (χ0n) is 17.7. The van der Waals surface area contributed by atoms with Gasteiger partial charge in [0.25, 0.3) is 0 Å². The van der Waals surface area contributed by atoms with Gasteiger partial charge in [-0.2, -0.15) is 15.5 Å². The minimum atomic E-state index is -0.657. The number of aryl methyl sites for hydroxylation is 1. The van der Waals surface area contributed by atoms with Gasteiger partial charge in [-0.1, -0.05) is 11.6 Å². The first-order chi connectivity index (χ1) is 16.0. The molecule has 2 N–H and O–H groups in total. The molecule has 33 heavy (non-hydrogen) atoms. The number of halogens is 1. The van der Waals surface area contributed by atoms with E-state index in [2.05, 4.69) is 30.6 Å². The van der Waals surface area contributed by atoms with Crippen LogP contribution in [0.15, 0.2) is 30.6 Å². The fraction of sp³-hybridized carbons (Fsp3) is 0.273. The van der Waals surface area contributed by atoms with Gasteiger partial charge in [0.2, 0.25) is 0 Å². The van der Waals surface area contributed by atoms with E-state index in [0.29, 0.717) is 33.2 Å². The molecule has 5 rings (SSSR count). The van der Waals surface area contributed by atoms with Crippen molar-refractivity contribution in [1.29, 1.82) is 5.26 Å². The molecule has 4 aromatic rings. The number of nitriles is 1. The van der Waals surface area contributed by atoms with Crippen molar-refractivity contribution in [3.05, 3.63) is 41.3 Å². The largest absolute Gasteiger partial charge is 0.446 e. The summed E-state index contributed by atoms with van der Waals surface area (Å²) < 4.78 is 7.09. The Bertz CT molecular complexity index is 1400. The van der Waals surface area contributed by atoms with Crippen molar-refractivity contribution in [3.8, 4) is 28.7 Å². The van der Waals surface area contributed by atoms with E-state index in [1.54, 1.807) is 36.3 Å². The second-order valence-corrected chi connectivity index (χ2v) is 8.24. The first kappa shape index (κ1) is 20.9. The van der Waals surface area contributed by atoms with Gasteiger partial charge in [-0.15, -0.1) is 0 Å². The smallest absolute Gasteiger partial charge is 0.413 e. The van der Waals surface area contributed by atoms with Crippen LogP contribution in [0.4, 0.5) is 10.6 Å². The summed E-state index contributed by atoms with van der Waals surface area (Å²) in [5.41, 5.74) is 2.62. The topological polar surface area (TPSA) is 134 Å². The van der Waals surface area contributed by atoms with Crippen LogP contribution in [0.5, 0.6) is 0 Å². The molecule has 0 unspecified atom stereocenters. The number of carbonyl (C=O) groups excluding carboxylic acids is 1. The van der Waals surface area contributed by atoms with Crippen LogP contribution in [0.2, 0.25) is 5.02 Å². The molecule has 0 spiro atoms. The molecule has 1 amide bonds. The molecule has 0 atom stereocenters. The summed E-state index contributed by atoms with van der Waals surface area (Å²) in [4.78, 5) is 21.6. The SMILES string of the molecule is Cn1ccc(-c2nc(NC(=O)OC3CCCC3)c(C#N)nc2-c2cc(Cl)c3[nH]ncc3c2)n1. The van der Waals surface area contributed by atoms with Crippen molar-refractivity contribution in [2.24, 2.45) is 7.05 Å². The number of fused-ring (bicyclic) bond motifs is 1. The quantitative estimate of drug-likeness (QED) is 0.457. The van der Waals surface area contributed by atoms with Crippen molar-refractivity contribution in [2.75, 3.05) is 5.32 Å². The van der Waals surface area contributed by atoms with Gasteiger partial charge >= 0.3 is 6.09 Å². The molecule has 1 aromatic carbocycles. The van der Waals surface area contributed by atoms with Crippen molar-refractivity contribution < 1.29 is 9.53 Å². The average molecular weight is 463 g/mol. The van der Waals surface area contributed by atoms with Gasteiger partial charge in [0, 0.05) is 24.2 Å². The Kier molecular flexibility index (Phi) is 5.40. The molecular formula is C22H19ClN8O2. The third kappa shape index (κ3) is 4.10. The monoisotopic (exact) mass is 462 g/mol. The predicted octanol–water partition coefficient (Wildman–Crippen LogP) is 4.44. The number of rotatable bonds is 4. The summed E-state index contributed by atoms with van der Waals surface area (Å²) >= 11 is 6.43. The van der Waals surface area contributed by atoms with Gasteiger partial charge in [0.05, 0.1) is 16.7 Å². The van der Waals surface area contributed by atoms with Gasteiger partial charge in [-0.3, -0.25) is 15.1 Å². The number of nitrogens with zero attached hydrogens (tertiary/aromatic N) is 6. The molecule has 1 fully saturated rings. The highest BCUT2D eigenvalue weighted by Crippen LogP contribution is 2.34. The molecule has 0 bridgehead atoms. The number of aromatic nitrogens is 6. The summed E-state index contributed by atoms with van der Waals surface area (Å²) in [5, 5.41) is 24.9. The maximum Gasteiger partial charge on any atom is 0.413 e. The number of anilines is 1. The van der Waals surface area contributed by atoms with Gasteiger partial charge in [-0.05, 0) is 43.9 Å². The normalized spacial score (nSPS) is 13.8. The predicted molar refractivity (Wildman–Crippen MR) is 121 cm³/mol. The number of nitrogens with one attached hydrogen (secondary N) is 2. The molecule has 1 aliphatic carbocycles. The second kappa shape index (κ2) is 8.52. The zero-order chi connectivity index (χ0) is 22.9. The molecule has 1 aliphatic rings. The van der Waals surface area contributed by atoms with Gasteiger partial charge in [-0.25, -0.2) is 14.8 Å². The number of benzene rings is 1. The van der Waals surface area contributed by atoms with Crippen LogP contribution in [0.25, 0.3) is 33.5 Å². The van der Waals surface area contributed by atoms with Crippen molar-refractivity contribution >= 4 is 34.4 Å². The maximum absolute atomic E-state index is 12.4. The molecule has 1 saturated carbocycles. The highest BCUT2D eigenvalue weighted by molar-refractivity contribution is 6.35. The van der Waals surface area contributed by atoms with Crippen molar-refractivity contribution in [2.45, 2.75) is 31.8 Å². The van der Waals surface area contributed by atoms with E-state index in [-0.39, 0.29) is 17.6 Å². The van der Waals surface area contributed by atoms with Crippen molar-refractivity contribution in [3.63, 3.8) is 0 Å². The van der Waals surface area contributed by atoms with Crippen LogP contribution in [0.1, 0.15) is 31.4 Å². The van der Waals surface area contributed by atoms with Gasteiger partial charge < -0.3 is 4.74 Å². The highest BCUT2D eigenvalue weighted by Gasteiger charge is 2.23. The molecule has 3 heterocycles. The molecular weight excluding hydrogens is 444 g/mol. The third-order valence-electron chi connectivity index (χ3n) is 5.53. The zero-order valence-corrected chi connectivity index (χ0v) is 18.4. The standard InChI is InChI=1S/C22H19ClN8O2/c1-31-7-6-16(30-31)20-19(12-8-13-11-25-29-18(13)15(23)9-12)26-17(10-24)21(27-20)28-22(32)33-14-4-2-3-5-14/h6-9,11,14H,2-5H2,1H3,(H,25,29)(H,27,28,32). The van der Waals surface area contributed by atoms with E-state index < -0.39 is 6.09 Å². The Morgan fingerprint density at radius 2 is 2.12 bits per heavy atom. The number of H-pyrrole nitrogens is 1. The molecule has 0 radical (unpaired) electrons. The van der Waals surface area contributed by atoms with Crippen LogP contribution in [0, 0.1) is 11.3 Å². The van der Waals surface area contributed by atoms with Crippen LogP contribution in [-0.2, 0) is 11.8 Å². The lowest BCUT2D eigenvalue weighted by atomic mass is 10.1. The van der Waals surface area contributed by atoms with E-state index in [1.165, 1.54) is 0 Å². The molecule has 3 aromatic heterocycles. The Labute approximate surface area is 193 Å². The number of carbonyl (C=O) groups is 1. The second-order valence-electron chi connectivity index (χ2n) is 7.83. The Morgan fingerprint density at radius 1 is 1.30 bits per heavy atom. The first-order valence-electron chi connectivity index (χ1n) is 10.4. The average Bonchev–Trinajstić information content (AvgIpc) is 3.55. The summed E-state index contributed by atoms with van der Waals surface area (Å²) in [6, 6.07) is 7.36. The summed E-state index contributed by atoms with van der Waals surface area (Å²) in [6.07, 6.45) is 6.37. The number of aromatic amines is 1. The fourth-order valence-electron chi connectivity index (χ4n) is 3.96. The molecule has 166 valence electrons. The van der Waals surface area contributed by atoms with E-state index in [1.807, 2.05) is 12.1 Å². The number of ether oxygens (including phenoxy) is 1. The Morgan fingerprint density at radius 3 is 2.85 bits per heavy atom. The summed E-state index contributed by atoms with van der Waals surface area (Å²) in [5.74, 6) is 0.0142. The first-order valence-corrected chi connectivity index (χ1v) is 10.8. The van der Waals surface area contributed by atoms with E-state index >= 15 is 0 Å². The minimum absolute atomic E-state index is 0.0142. The van der Waals surface area contributed by atoms with Crippen LogP contribution < -0.4 is 5.32 Å². The van der Waals surface area contributed by atoms with E-state index in [4.69, 9.17) is 16.3 Å². The van der Waals surface area contributed by atoms with Crippen molar-refractivity contribution in [1.82, 2.24) is 29.9 Å². The van der Waals surface area contributed by atoms with Gasteiger partial charge in [0.1, 0.15) is 29.3 Å². The van der Waals surface area contributed by atoms with E-state index in [0.717, 1.165) is 31.1 Å². The lowest BCUT2D eigenvalue weighted by Crippen LogP contribution is -2.21. The van der Waals surface area contributed by atoms with Crippen LogP contribution in [0.3, 0.4) is 0 Å². The molecule has 0 aliphatic heterocycles. The van der Waals surface area contributed by atoms with Gasteiger partial charge in [0.15, 0.2) is 11.5 Å². The molecule has 10 nitrogen and oxygen atoms in total. The van der Waals surface area contributed by atoms with Crippen LogP contribution in [-0.4, -0.2) is 42.1 Å². The lowest BCUT2D eigenvalue weighted by molar-refractivity contribution is 0.114. The number of hydrogen-bond donors (Lipinski definition) is 2. The maximum atomic E-state index is 12.4. The Hall–Kier alpha value is -3.97. The number of hydrogen-bond acceptors (Lipinski definition) is 7.